The molecule has 1 aliphatic heterocycles. The van der Waals surface area contributed by atoms with Gasteiger partial charge in [-0.1, -0.05) is 0 Å². The third kappa shape index (κ3) is 5.51. The first-order valence-corrected chi connectivity index (χ1v) is 6.96. The molecule has 5 atom stereocenters. The molecule has 1 fully saturated rings. The van der Waals surface area contributed by atoms with Crippen LogP contribution in [0.1, 0.15) is 34.6 Å². The minimum atomic E-state index is -1.29. The average molecular weight is 332 g/mol. The molecule has 9 heteroatoms. The molecule has 9 nitrogen and oxygen atoms in total. The van der Waals surface area contributed by atoms with Crippen LogP contribution in [-0.4, -0.2) is 54.6 Å². The molecule has 0 aromatic rings. The highest BCUT2D eigenvalue weighted by Crippen LogP contribution is 2.29. The summed E-state index contributed by atoms with van der Waals surface area (Å²) >= 11 is 0. The van der Waals surface area contributed by atoms with Crippen molar-refractivity contribution in [3.63, 3.8) is 0 Å². The van der Waals surface area contributed by atoms with E-state index in [1.54, 1.807) is 6.92 Å². The van der Waals surface area contributed by atoms with Crippen LogP contribution < -0.4 is 0 Å². The first-order valence-electron chi connectivity index (χ1n) is 6.96. The number of ether oxygens (including phenoxy) is 5. The fourth-order valence-electron chi connectivity index (χ4n) is 2.23. The molecule has 0 N–H and O–H groups in total. The SMILES string of the molecule is CC(=O)OC1O[C@H](C)[C@@H](OC(C)=O)[C@H](OC(C)=O)[C@@H]1OC(C)=O. The van der Waals surface area contributed by atoms with E-state index in [1.165, 1.54) is 6.92 Å². The van der Waals surface area contributed by atoms with Crippen molar-refractivity contribution >= 4 is 23.9 Å². The fourth-order valence-corrected chi connectivity index (χ4v) is 2.23. The zero-order chi connectivity index (χ0) is 17.7. The lowest BCUT2D eigenvalue weighted by molar-refractivity contribution is -0.292. The maximum absolute atomic E-state index is 11.4. The van der Waals surface area contributed by atoms with Crippen LogP contribution in [0.5, 0.6) is 0 Å². The third-order valence-corrected chi connectivity index (χ3v) is 2.92. The predicted molar refractivity (Wildman–Crippen MR) is 72.8 cm³/mol. The van der Waals surface area contributed by atoms with Crippen LogP contribution in [0.4, 0.5) is 0 Å². The fraction of sp³-hybridized carbons (Fsp3) is 0.714. The zero-order valence-electron chi connectivity index (χ0n) is 13.6. The van der Waals surface area contributed by atoms with Gasteiger partial charge in [-0.25, -0.2) is 0 Å². The smallest absolute Gasteiger partial charge is 0.305 e. The van der Waals surface area contributed by atoms with Crippen molar-refractivity contribution in [2.24, 2.45) is 0 Å². The van der Waals surface area contributed by atoms with Crippen LogP contribution >= 0.6 is 0 Å². The second kappa shape index (κ2) is 7.91. The second-order valence-electron chi connectivity index (χ2n) is 5.04. The molecule has 1 heterocycles. The first kappa shape index (κ1) is 18.9. The van der Waals surface area contributed by atoms with Gasteiger partial charge in [0, 0.05) is 27.7 Å². The Morgan fingerprint density at radius 1 is 0.652 bits per heavy atom. The Hall–Kier alpha value is -2.16. The van der Waals surface area contributed by atoms with Crippen molar-refractivity contribution in [1.29, 1.82) is 0 Å². The van der Waals surface area contributed by atoms with Crippen LogP contribution in [0.15, 0.2) is 0 Å². The van der Waals surface area contributed by atoms with Crippen molar-refractivity contribution in [3.8, 4) is 0 Å². The van der Waals surface area contributed by atoms with Crippen molar-refractivity contribution in [2.75, 3.05) is 0 Å². The maximum Gasteiger partial charge on any atom is 0.305 e. The minimum absolute atomic E-state index is 0.630. The molecular formula is C14H20O9. The Bertz CT molecular complexity index is 487. The standard InChI is InChI=1S/C14H20O9/c1-6-11(20-7(2)15)12(21-8(3)16)13(22-9(4)17)14(19-6)23-10(5)18/h6,11-14H,1-5H3/t6-,11-,12+,13+,14?/m1/s1. The van der Waals surface area contributed by atoms with E-state index in [-0.39, 0.29) is 0 Å². The van der Waals surface area contributed by atoms with E-state index in [4.69, 9.17) is 23.7 Å². The Morgan fingerprint density at radius 3 is 1.48 bits per heavy atom. The number of esters is 4. The molecule has 0 spiro atoms. The van der Waals surface area contributed by atoms with E-state index in [1.807, 2.05) is 0 Å². The average Bonchev–Trinajstić information content (AvgIpc) is 2.36. The highest BCUT2D eigenvalue weighted by atomic mass is 16.7. The molecule has 0 saturated carbocycles. The van der Waals surface area contributed by atoms with Gasteiger partial charge in [-0.2, -0.15) is 0 Å². The van der Waals surface area contributed by atoms with Gasteiger partial charge >= 0.3 is 23.9 Å². The van der Waals surface area contributed by atoms with Crippen molar-refractivity contribution in [1.82, 2.24) is 0 Å². The van der Waals surface area contributed by atoms with E-state index in [0.717, 1.165) is 20.8 Å². The summed E-state index contributed by atoms with van der Waals surface area (Å²) < 4.78 is 25.7. The molecule has 23 heavy (non-hydrogen) atoms. The van der Waals surface area contributed by atoms with Crippen LogP contribution in [0.2, 0.25) is 0 Å². The number of hydrogen-bond acceptors (Lipinski definition) is 9. The molecule has 0 radical (unpaired) electrons. The van der Waals surface area contributed by atoms with Crippen molar-refractivity contribution in [2.45, 2.75) is 65.3 Å². The first-order chi connectivity index (χ1) is 10.6. The number of rotatable bonds is 4. The summed E-state index contributed by atoms with van der Waals surface area (Å²) in [6.07, 6.45) is -5.51. The summed E-state index contributed by atoms with van der Waals surface area (Å²) in [4.78, 5) is 45.1. The van der Waals surface area contributed by atoms with Gasteiger partial charge in [-0.3, -0.25) is 19.2 Å². The number of hydrogen-bond donors (Lipinski definition) is 0. The molecule has 1 saturated heterocycles. The molecule has 1 unspecified atom stereocenters. The van der Waals surface area contributed by atoms with E-state index in [0.29, 0.717) is 0 Å². The quantitative estimate of drug-likeness (QED) is 0.521. The van der Waals surface area contributed by atoms with Crippen LogP contribution in [0, 0.1) is 0 Å². The highest BCUT2D eigenvalue weighted by Gasteiger charge is 2.51. The number of carbonyl (C=O) groups excluding carboxylic acids is 4. The molecule has 0 amide bonds. The number of carbonyl (C=O) groups is 4. The molecular weight excluding hydrogens is 312 g/mol. The van der Waals surface area contributed by atoms with E-state index in [2.05, 4.69) is 0 Å². The lowest BCUT2D eigenvalue weighted by Gasteiger charge is -2.42. The van der Waals surface area contributed by atoms with Gasteiger partial charge in [0.1, 0.15) is 0 Å². The Kier molecular flexibility index (Phi) is 6.49. The predicted octanol–water partition coefficient (Wildman–Crippen LogP) is 0.0894. The summed E-state index contributed by atoms with van der Waals surface area (Å²) in [5.74, 6) is -2.69. The van der Waals surface area contributed by atoms with Gasteiger partial charge in [0.2, 0.25) is 12.4 Å². The van der Waals surface area contributed by atoms with Crippen LogP contribution in [-0.2, 0) is 42.9 Å². The lowest BCUT2D eigenvalue weighted by Crippen LogP contribution is -2.61. The van der Waals surface area contributed by atoms with Gasteiger partial charge in [-0.15, -0.1) is 0 Å². The summed E-state index contributed by atoms with van der Waals surface area (Å²) in [6.45, 7) is 6.16. The molecule has 1 rings (SSSR count). The topological polar surface area (TPSA) is 114 Å². The third-order valence-electron chi connectivity index (χ3n) is 2.92. The Balaban J connectivity index is 3.15. The van der Waals surface area contributed by atoms with Crippen LogP contribution in [0.3, 0.4) is 0 Å². The largest absolute Gasteiger partial charge is 0.456 e. The van der Waals surface area contributed by atoms with Gasteiger partial charge in [-0.05, 0) is 6.92 Å². The van der Waals surface area contributed by atoms with Crippen molar-refractivity contribution < 1.29 is 42.9 Å². The zero-order valence-corrected chi connectivity index (χ0v) is 13.6. The summed E-state index contributed by atoms with van der Waals surface area (Å²) in [7, 11) is 0. The summed E-state index contributed by atoms with van der Waals surface area (Å²) in [6, 6.07) is 0. The minimum Gasteiger partial charge on any atom is -0.456 e. The van der Waals surface area contributed by atoms with Crippen LogP contribution in [0.25, 0.3) is 0 Å². The molecule has 0 aromatic heterocycles. The van der Waals surface area contributed by atoms with Gasteiger partial charge in [0.25, 0.3) is 0 Å². The van der Waals surface area contributed by atoms with E-state index < -0.39 is 54.6 Å². The van der Waals surface area contributed by atoms with E-state index in [9.17, 15) is 19.2 Å². The van der Waals surface area contributed by atoms with E-state index >= 15 is 0 Å². The summed E-state index contributed by atoms with van der Waals surface area (Å²) in [5, 5.41) is 0. The molecule has 0 aliphatic carbocycles. The normalized spacial score (nSPS) is 30.0. The summed E-state index contributed by atoms with van der Waals surface area (Å²) in [5.41, 5.74) is 0. The molecule has 1 aliphatic rings. The van der Waals surface area contributed by atoms with Gasteiger partial charge in [0.15, 0.2) is 12.2 Å². The monoisotopic (exact) mass is 332 g/mol. The molecule has 0 aromatic carbocycles. The van der Waals surface area contributed by atoms with Gasteiger partial charge < -0.3 is 23.7 Å². The Labute approximate surface area is 133 Å². The molecule has 0 bridgehead atoms. The van der Waals surface area contributed by atoms with Crippen molar-refractivity contribution in [3.05, 3.63) is 0 Å². The van der Waals surface area contributed by atoms with Gasteiger partial charge in [0.05, 0.1) is 6.10 Å². The highest BCUT2D eigenvalue weighted by molar-refractivity contribution is 5.69. The Morgan fingerprint density at radius 2 is 1.04 bits per heavy atom. The molecule has 130 valence electrons. The lowest BCUT2D eigenvalue weighted by atomic mass is 9.99. The second-order valence-corrected chi connectivity index (χ2v) is 5.04. The maximum atomic E-state index is 11.4.